The minimum atomic E-state index is 0.0521. The summed E-state index contributed by atoms with van der Waals surface area (Å²) in [6.07, 6.45) is 0.663. The zero-order chi connectivity index (χ0) is 13.8. The Morgan fingerprint density at radius 2 is 2.26 bits per heavy atom. The lowest BCUT2D eigenvalue weighted by Gasteiger charge is -2.04. The molecule has 0 aliphatic rings. The van der Waals surface area contributed by atoms with Crippen LogP contribution in [-0.4, -0.2) is 15.4 Å². The van der Waals surface area contributed by atoms with Crippen molar-refractivity contribution in [2.24, 2.45) is 10.8 Å². The van der Waals surface area contributed by atoms with E-state index in [-0.39, 0.29) is 9.99 Å². The van der Waals surface area contributed by atoms with Gasteiger partial charge in [0.1, 0.15) is 0 Å². The molecule has 2 rings (SSSR count). The number of aryl methyl sites for hydroxylation is 1. The van der Waals surface area contributed by atoms with Crippen LogP contribution in [0, 0.1) is 0 Å². The predicted octanol–water partition coefficient (Wildman–Crippen LogP) is 1.66. The van der Waals surface area contributed by atoms with Crippen LogP contribution in [0.4, 0.5) is 0 Å². The Labute approximate surface area is 119 Å². The van der Waals surface area contributed by atoms with Gasteiger partial charge in [0.15, 0.2) is 5.11 Å². The summed E-state index contributed by atoms with van der Waals surface area (Å²) in [5.41, 5.74) is 9.64. The second kappa shape index (κ2) is 5.94. The molecule has 0 atom stereocenters. The molecule has 1 heterocycles. The van der Waals surface area contributed by atoms with E-state index < -0.39 is 0 Å². The van der Waals surface area contributed by atoms with E-state index in [1.807, 2.05) is 31.2 Å². The van der Waals surface area contributed by atoms with Crippen molar-refractivity contribution in [3.8, 4) is 0 Å². The van der Waals surface area contributed by atoms with Gasteiger partial charge in [-0.2, -0.15) is 5.10 Å². The molecule has 0 fully saturated rings. The number of fused-ring (bicyclic) bond motifs is 1. The van der Waals surface area contributed by atoms with Crippen LogP contribution in [0.25, 0.3) is 10.2 Å². The number of para-hydroxylation sites is 1. The molecular formula is C12H14N4OS2. The zero-order valence-electron chi connectivity index (χ0n) is 10.4. The molecular weight excluding hydrogens is 280 g/mol. The maximum absolute atomic E-state index is 11.9. The highest BCUT2D eigenvalue weighted by Crippen LogP contribution is 2.16. The second-order valence-corrected chi connectivity index (χ2v) is 5.49. The van der Waals surface area contributed by atoms with Gasteiger partial charge >= 0.3 is 4.87 Å². The molecule has 1 aromatic heterocycles. The van der Waals surface area contributed by atoms with Crippen molar-refractivity contribution in [3.05, 3.63) is 33.9 Å². The number of hydrogen-bond donors (Lipinski definition) is 2. The smallest absolute Gasteiger partial charge is 0.308 e. The fourth-order valence-electron chi connectivity index (χ4n) is 1.71. The van der Waals surface area contributed by atoms with Crippen LogP contribution in [0.5, 0.6) is 0 Å². The molecule has 0 bridgehead atoms. The van der Waals surface area contributed by atoms with Crippen LogP contribution in [0.15, 0.2) is 34.2 Å². The highest BCUT2D eigenvalue weighted by Gasteiger charge is 2.06. The molecule has 7 heteroatoms. The summed E-state index contributed by atoms with van der Waals surface area (Å²) in [6.45, 7) is 2.46. The Bertz CT molecular complexity index is 686. The van der Waals surface area contributed by atoms with Crippen molar-refractivity contribution in [2.45, 2.75) is 19.9 Å². The molecule has 19 heavy (non-hydrogen) atoms. The van der Waals surface area contributed by atoms with E-state index in [1.54, 1.807) is 4.57 Å². The van der Waals surface area contributed by atoms with E-state index >= 15 is 0 Å². The van der Waals surface area contributed by atoms with Gasteiger partial charge in [0, 0.05) is 18.7 Å². The fraction of sp³-hybridized carbons (Fsp3) is 0.250. The van der Waals surface area contributed by atoms with Crippen LogP contribution in [0.3, 0.4) is 0 Å². The van der Waals surface area contributed by atoms with Crippen molar-refractivity contribution in [1.82, 2.24) is 9.99 Å². The lowest BCUT2D eigenvalue weighted by Crippen LogP contribution is -2.25. The summed E-state index contributed by atoms with van der Waals surface area (Å²) in [4.78, 5) is 12.0. The number of hydrazone groups is 1. The molecule has 0 saturated carbocycles. The van der Waals surface area contributed by atoms with Crippen molar-refractivity contribution in [2.75, 3.05) is 0 Å². The SMILES string of the molecule is C/C(CCn1c(=O)sc2ccccc21)=N/NC(N)=S. The summed E-state index contributed by atoms with van der Waals surface area (Å²) in [5.74, 6) is 0. The Balaban J connectivity index is 2.14. The van der Waals surface area contributed by atoms with Crippen molar-refractivity contribution in [3.63, 3.8) is 0 Å². The molecule has 0 aliphatic heterocycles. The molecule has 100 valence electrons. The minimum absolute atomic E-state index is 0.0521. The Morgan fingerprint density at radius 1 is 1.53 bits per heavy atom. The van der Waals surface area contributed by atoms with Crippen LogP contribution in [0.2, 0.25) is 0 Å². The highest BCUT2D eigenvalue weighted by atomic mass is 32.1. The number of thiocarbonyl (C=S) groups is 1. The molecule has 0 radical (unpaired) electrons. The van der Waals surface area contributed by atoms with Crippen LogP contribution in [-0.2, 0) is 6.54 Å². The molecule has 0 spiro atoms. The molecule has 0 saturated heterocycles. The van der Waals surface area contributed by atoms with Gasteiger partial charge < -0.3 is 5.73 Å². The van der Waals surface area contributed by atoms with Gasteiger partial charge in [-0.25, -0.2) is 0 Å². The quantitative estimate of drug-likeness (QED) is 0.511. The van der Waals surface area contributed by atoms with Crippen molar-refractivity contribution >= 4 is 44.6 Å². The third kappa shape index (κ3) is 3.39. The molecule has 5 nitrogen and oxygen atoms in total. The molecule has 0 aliphatic carbocycles. The monoisotopic (exact) mass is 294 g/mol. The Hall–Kier alpha value is -1.73. The summed E-state index contributed by atoms with van der Waals surface area (Å²) in [5, 5.41) is 4.16. The van der Waals surface area contributed by atoms with Crippen LogP contribution >= 0.6 is 23.6 Å². The van der Waals surface area contributed by atoms with Crippen LogP contribution < -0.4 is 16.0 Å². The normalized spacial score (nSPS) is 11.7. The molecule has 3 N–H and O–H groups in total. The number of nitrogens with zero attached hydrogens (tertiary/aromatic N) is 2. The zero-order valence-corrected chi connectivity index (χ0v) is 12.1. The van der Waals surface area contributed by atoms with E-state index in [0.29, 0.717) is 13.0 Å². The van der Waals surface area contributed by atoms with Gasteiger partial charge in [-0.05, 0) is 31.3 Å². The summed E-state index contributed by atoms with van der Waals surface area (Å²) in [7, 11) is 0. The average molecular weight is 294 g/mol. The van der Waals surface area contributed by atoms with Gasteiger partial charge in [-0.15, -0.1) is 0 Å². The summed E-state index contributed by atoms with van der Waals surface area (Å²) < 4.78 is 2.77. The number of thiazole rings is 1. The van der Waals surface area contributed by atoms with E-state index in [9.17, 15) is 4.79 Å². The first-order valence-electron chi connectivity index (χ1n) is 5.75. The molecule has 0 amide bonds. The molecule has 1 aromatic carbocycles. The third-order valence-electron chi connectivity index (χ3n) is 2.63. The third-order valence-corrected chi connectivity index (χ3v) is 3.68. The Morgan fingerprint density at radius 3 is 3.00 bits per heavy atom. The molecule has 2 aromatic rings. The topological polar surface area (TPSA) is 72.4 Å². The largest absolute Gasteiger partial charge is 0.375 e. The van der Waals surface area contributed by atoms with E-state index in [0.717, 1.165) is 15.9 Å². The first-order valence-corrected chi connectivity index (χ1v) is 6.97. The first kappa shape index (κ1) is 13.7. The van der Waals surface area contributed by atoms with Gasteiger partial charge in [0.25, 0.3) is 0 Å². The lowest BCUT2D eigenvalue weighted by molar-refractivity contribution is 0.734. The van der Waals surface area contributed by atoms with Gasteiger partial charge in [-0.1, -0.05) is 23.5 Å². The summed E-state index contributed by atoms with van der Waals surface area (Å²) >= 11 is 5.93. The van der Waals surface area contributed by atoms with Crippen LogP contribution in [0.1, 0.15) is 13.3 Å². The standard InChI is InChI=1S/C12H14N4OS2/c1-8(14-15-11(13)18)6-7-16-9-4-2-3-5-10(9)19-12(16)17/h2-5H,6-7H2,1H3,(H3,13,15,18)/b14-8-. The van der Waals surface area contributed by atoms with Crippen molar-refractivity contribution < 1.29 is 0 Å². The predicted molar refractivity (Wildman–Crippen MR) is 83.7 cm³/mol. The number of hydrogen-bond acceptors (Lipinski definition) is 4. The van der Waals surface area contributed by atoms with Gasteiger partial charge in [-0.3, -0.25) is 14.8 Å². The first-order chi connectivity index (χ1) is 9.08. The second-order valence-electron chi connectivity index (χ2n) is 4.06. The minimum Gasteiger partial charge on any atom is -0.375 e. The molecule has 0 unspecified atom stereocenters. The maximum atomic E-state index is 11.9. The fourth-order valence-corrected chi connectivity index (χ4v) is 2.67. The van der Waals surface area contributed by atoms with E-state index in [2.05, 4.69) is 22.7 Å². The van der Waals surface area contributed by atoms with E-state index in [1.165, 1.54) is 11.3 Å². The maximum Gasteiger partial charge on any atom is 0.308 e. The van der Waals surface area contributed by atoms with Gasteiger partial charge in [0.2, 0.25) is 0 Å². The number of nitrogens with two attached hydrogens (primary N) is 1. The number of benzene rings is 1. The number of aromatic nitrogens is 1. The Kier molecular flexibility index (Phi) is 4.28. The van der Waals surface area contributed by atoms with Gasteiger partial charge in [0.05, 0.1) is 10.2 Å². The average Bonchev–Trinajstić information content (AvgIpc) is 2.69. The highest BCUT2D eigenvalue weighted by molar-refractivity contribution is 7.80. The van der Waals surface area contributed by atoms with E-state index in [4.69, 9.17) is 5.73 Å². The number of nitrogens with one attached hydrogen (secondary N) is 1. The number of rotatable bonds is 4. The lowest BCUT2D eigenvalue weighted by atomic mass is 10.3. The summed E-state index contributed by atoms with van der Waals surface area (Å²) in [6, 6.07) is 7.77. The van der Waals surface area contributed by atoms with Crippen molar-refractivity contribution in [1.29, 1.82) is 0 Å².